The molecule has 12 aromatic rings. The average Bonchev–Trinajstić information content (AvgIpc) is 1.11. The van der Waals surface area contributed by atoms with Crippen LogP contribution in [0.2, 0.25) is 0 Å². The monoisotopic (exact) mass is 1300 g/mol. The van der Waals surface area contributed by atoms with Crippen LogP contribution in [0.3, 0.4) is 0 Å². The summed E-state index contributed by atoms with van der Waals surface area (Å²) in [6.45, 7) is 20.7. The van der Waals surface area contributed by atoms with Crippen LogP contribution in [0.25, 0.3) is 44.7 Å². The van der Waals surface area contributed by atoms with Gasteiger partial charge in [-0.3, -0.25) is 0 Å². The standard InChI is InChI=1S/C79H69N5O.Pt/c1-76(2,3)55-40-43-70-67(48-55)79(64-34-19-21-36-68(64)83(58-30-17-12-18-31-58)69-37-22-20-35-65(69)79)66-42-41-61(51-73(66)84(70)74-49-56(44-45-80-74)77(4,5)6)85-60-33-25-32-59(50-60)81-52-82(72-39-24-23-38-71(72)81)75-62(53-26-13-10-14-27-53)46-57(78(7,8)9)47-63(75)54-28-15-11-16-29-54;/h10-51H,1-9H3;. The number of pyridine rings is 1. The Bertz CT molecular complexity index is 4550. The fourth-order valence-corrected chi connectivity index (χ4v) is 14.3. The van der Waals surface area contributed by atoms with E-state index in [9.17, 15) is 0 Å². The van der Waals surface area contributed by atoms with Crippen molar-refractivity contribution in [1.82, 2.24) is 14.1 Å². The number of para-hydroxylation sites is 5. The number of anilines is 6. The quantitative estimate of drug-likeness (QED) is 0.152. The summed E-state index contributed by atoms with van der Waals surface area (Å²) in [4.78, 5) is 10.1. The Labute approximate surface area is 516 Å². The molecule has 0 saturated heterocycles. The molecule has 1 spiro atoms. The Morgan fingerprint density at radius 2 is 0.872 bits per heavy atom. The van der Waals surface area contributed by atoms with Gasteiger partial charge in [0.15, 0.2) is 0 Å². The molecule has 86 heavy (non-hydrogen) atoms. The molecule has 0 bridgehead atoms. The van der Waals surface area contributed by atoms with Crippen LogP contribution in [0, 0.1) is 3.80 Å². The molecule has 0 saturated carbocycles. The third-order valence-corrected chi connectivity index (χ3v) is 18.5. The van der Waals surface area contributed by atoms with Gasteiger partial charge in [0, 0.05) is 11.9 Å². The maximum absolute atomic E-state index is 7.27. The first kappa shape index (κ1) is 54.8. The van der Waals surface area contributed by atoms with Gasteiger partial charge in [0.05, 0.1) is 11.4 Å². The second-order valence-corrected chi connectivity index (χ2v) is 27.0. The number of ether oxygens (including phenoxy) is 1. The summed E-state index contributed by atoms with van der Waals surface area (Å²) in [6.07, 6.45) is 1.97. The van der Waals surface area contributed by atoms with Crippen LogP contribution in [0.15, 0.2) is 255 Å². The second kappa shape index (κ2) is 20.9. The fraction of sp³-hybridized carbons (Fsp3) is 0.165. The zero-order valence-corrected chi connectivity index (χ0v) is 52.5. The third kappa shape index (κ3) is 9.11. The van der Waals surface area contributed by atoms with E-state index in [2.05, 4.69) is 349 Å². The minimum absolute atomic E-state index is 0.0954. The van der Waals surface area contributed by atoms with Gasteiger partial charge in [-0.25, -0.2) is 0 Å². The summed E-state index contributed by atoms with van der Waals surface area (Å²) in [5, 5.41) is 0. The maximum atomic E-state index is 7.27. The van der Waals surface area contributed by atoms with Crippen molar-refractivity contribution in [3.8, 4) is 45.1 Å². The van der Waals surface area contributed by atoms with E-state index in [0.29, 0.717) is 5.75 Å². The molecule has 0 N–H and O–H groups in total. The van der Waals surface area contributed by atoms with E-state index in [1.54, 1.807) is 0 Å². The third-order valence-electron chi connectivity index (χ3n) is 17.5. The van der Waals surface area contributed by atoms with Gasteiger partial charge in [-0.2, -0.15) is 0 Å². The molecule has 0 amide bonds. The van der Waals surface area contributed by atoms with Crippen LogP contribution < -0.4 is 14.5 Å². The molecule has 14 rings (SSSR count). The molecular weight excluding hydrogens is 1230 g/mol. The van der Waals surface area contributed by atoms with Crippen molar-refractivity contribution in [3.63, 3.8) is 0 Å². The van der Waals surface area contributed by atoms with Gasteiger partial charge < -0.3 is 4.90 Å². The SMILES string of the molecule is CC(C)(C)c1ccnc(N2c3cc(Oc4cccc(-n5[c](=[Pt])n(-c6c(-c7ccccc7)cc(C(C)(C)C)cc6-c6ccccc6)c6ccccc65)c4)ccc3C3(c4ccccc4N(c4ccccc4)c4ccccc43)c3cc(C(C)(C)C)ccc32)c1. The van der Waals surface area contributed by atoms with Gasteiger partial charge in [-0.05, 0) is 52.3 Å². The van der Waals surface area contributed by atoms with Gasteiger partial charge in [0.2, 0.25) is 0 Å². The van der Waals surface area contributed by atoms with Crippen molar-refractivity contribution in [2.24, 2.45) is 0 Å². The van der Waals surface area contributed by atoms with E-state index in [1.165, 1.54) is 44.5 Å². The van der Waals surface area contributed by atoms with Crippen molar-refractivity contribution >= 4 is 45.3 Å². The van der Waals surface area contributed by atoms with Gasteiger partial charge in [0.25, 0.3) is 0 Å². The zero-order chi connectivity index (χ0) is 59.3. The van der Waals surface area contributed by atoms with Crippen molar-refractivity contribution < 1.29 is 24.1 Å². The van der Waals surface area contributed by atoms with E-state index in [4.69, 9.17) is 9.72 Å². The number of nitrogens with zero attached hydrogens (tertiary/aromatic N) is 5. The molecule has 4 heterocycles. The van der Waals surface area contributed by atoms with Gasteiger partial charge in [-0.1, -0.05) is 108 Å². The van der Waals surface area contributed by atoms with Crippen LogP contribution in [-0.4, -0.2) is 14.1 Å². The summed E-state index contributed by atoms with van der Waals surface area (Å²) < 4.78 is 13.1. The summed E-state index contributed by atoms with van der Waals surface area (Å²) in [5.74, 6) is 2.29. The molecule has 0 atom stereocenters. The van der Waals surface area contributed by atoms with Crippen molar-refractivity contribution in [2.75, 3.05) is 9.80 Å². The number of rotatable bonds is 8. The summed E-state index contributed by atoms with van der Waals surface area (Å²) in [6, 6.07) is 91.1. The van der Waals surface area contributed by atoms with E-state index >= 15 is 0 Å². The van der Waals surface area contributed by atoms with Crippen LogP contribution in [0.4, 0.5) is 34.3 Å². The molecule has 0 aliphatic carbocycles. The molecule has 7 heteroatoms. The first-order valence-corrected chi connectivity index (χ1v) is 31.0. The topological polar surface area (TPSA) is 38.5 Å². The van der Waals surface area contributed by atoms with Crippen LogP contribution in [0.5, 0.6) is 11.5 Å². The van der Waals surface area contributed by atoms with Gasteiger partial charge in [0.1, 0.15) is 0 Å². The number of benzene rings is 10. The second-order valence-electron chi connectivity index (χ2n) is 26.0. The minimum atomic E-state index is -0.767. The van der Waals surface area contributed by atoms with E-state index in [1.807, 2.05) is 6.20 Å². The molecule has 0 radical (unpaired) electrons. The van der Waals surface area contributed by atoms with Gasteiger partial charge >= 0.3 is 331 Å². The van der Waals surface area contributed by atoms with Crippen molar-refractivity contribution in [2.45, 2.75) is 84.0 Å². The zero-order valence-electron chi connectivity index (χ0n) is 50.2. The fourth-order valence-electron chi connectivity index (χ4n) is 13.2. The average molecular weight is 1300 g/mol. The number of hydrogen-bond acceptors (Lipinski definition) is 4. The Hall–Kier alpha value is -9.09. The molecule has 2 aliphatic heterocycles. The Balaban J connectivity index is 0.973. The summed E-state index contributed by atoms with van der Waals surface area (Å²) in [5.41, 5.74) is 21.8. The molecule has 10 aromatic carbocycles. The van der Waals surface area contributed by atoms with Crippen LogP contribution >= 0.6 is 0 Å². The van der Waals surface area contributed by atoms with E-state index in [-0.39, 0.29) is 16.2 Å². The number of fused-ring (bicyclic) bond motifs is 9. The summed E-state index contributed by atoms with van der Waals surface area (Å²) in [7, 11) is 0. The van der Waals surface area contributed by atoms with Gasteiger partial charge in [-0.15, -0.1) is 0 Å². The Morgan fingerprint density at radius 3 is 1.48 bits per heavy atom. The molecule has 426 valence electrons. The van der Waals surface area contributed by atoms with Crippen LogP contribution in [0.1, 0.15) is 101 Å². The molecule has 2 aliphatic rings. The number of hydrogen-bond donors (Lipinski definition) is 0. The van der Waals surface area contributed by atoms with Crippen molar-refractivity contribution in [3.05, 3.63) is 298 Å². The van der Waals surface area contributed by atoms with Crippen LogP contribution in [-0.2, 0) is 41.0 Å². The van der Waals surface area contributed by atoms with Crippen molar-refractivity contribution in [1.29, 1.82) is 0 Å². The molecule has 6 nitrogen and oxygen atoms in total. The van der Waals surface area contributed by atoms with E-state index < -0.39 is 5.41 Å². The first-order valence-electron chi connectivity index (χ1n) is 29.8. The molecule has 0 unspecified atom stereocenters. The predicted molar refractivity (Wildman–Crippen MR) is 352 cm³/mol. The normalized spacial score (nSPS) is 13.5. The molecular formula is C79H69N5OPt. The molecule has 2 aromatic heterocycles. The summed E-state index contributed by atoms with van der Waals surface area (Å²) >= 11 is 2.55. The predicted octanol–water partition coefficient (Wildman–Crippen LogP) is 20.9. The number of imidazole rings is 1. The Morgan fingerprint density at radius 1 is 0.372 bits per heavy atom. The number of aromatic nitrogens is 3. The first-order chi connectivity index (χ1) is 41.5. The Kier molecular flexibility index (Phi) is 13.3. The van der Waals surface area contributed by atoms with E-state index in [0.717, 1.165) is 82.9 Å². The molecule has 0 fully saturated rings.